The number of imidazole rings is 1. The van der Waals surface area contributed by atoms with Crippen molar-refractivity contribution in [2.45, 2.75) is 58.7 Å². The van der Waals surface area contributed by atoms with Crippen molar-refractivity contribution in [1.82, 2.24) is 14.5 Å². The number of methoxy groups -OCH3 is 1. The summed E-state index contributed by atoms with van der Waals surface area (Å²) in [4.78, 5) is 32.5. The van der Waals surface area contributed by atoms with E-state index in [9.17, 15) is 14.7 Å². The van der Waals surface area contributed by atoms with Gasteiger partial charge in [-0.25, -0.2) is 4.98 Å². The van der Waals surface area contributed by atoms with Gasteiger partial charge in [0, 0.05) is 37.5 Å². The van der Waals surface area contributed by atoms with Crippen molar-refractivity contribution in [2.75, 3.05) is 20.3 Å². The summed E-state index contributed by atoms with van der Waals surface area (Å²) in [5.41, 5.74) is 2.14. The Balaban J connectivity index is 1.52. The molecule has 0 bridgehead atoms. The molecule has 2 aromatic carbocycles. The summed E-state index contributed by atoms with van der Waals surface area (Å²) in [6.45, 7) is 7.74. The predicted octanol–water partition coefficient (Wildman–Crippen LogP) is 5.15. The zero-order valence-corrected chi connectivity index (χ0v) is 24.0. The second kappa shape index (κ2) is 12.1. The summed E-state index contributed by atoms with van der Waals surface area (Å²) in [6, 6.07) is 9.99. The third-order valence-electron chi connectivity index (χ3n) is 7.54. The summed E-state index contributed by atoms with van der Waals surface area (Å²) < 4.78 is 19.3. The number of aliphatic hydroxyl groups excluding tert-OH is 1. The molecule has 3 aromatic rings. The van der Waals surface area contributed by atoms with E-state index in [1.165, 1.54) is 4.90 Å². The maximum Gasteiger partial charge on any atom is 0.295 e. The van der Waals surface area contributed by atoms with Gasteiger partial charge in [-0.2, -0.15) is 0 Å². The predicted molar refractivity (Wildman–Crippen MR) is 154 cm³/mol. The van der Waals surface area contributed by atoms with E-state index in [2.05, 4.69) is 18.8 Å². The van der Waals surface area contributed by atoms with Crippen LogP contribution in [0.25, 0.3) is 5.76 Å². The van der Waals surface area contributed by atoms with Crippen molar-refractivity contribution < 1.29 is 28.9 Å². The van der Waals surface area contributed by atoms with Gasteiger partial charge in [-0.15, -0.1) is 0 Å². The molecular formula is C32H37N3O6. The molecule has 1 N–H and O–H groups in total. The lowest BCUT2D eigenvalue weighted by Crippen LogP contribution is -2.31. The largest absolute Gasteiger partial charge is 0.507 e. The highest BCUT2D eigenvalue weighted by molar-refractivity contribution is 6.46. The fourth-order valence-electron chi connectivity index (χ4n) is 5.40. The number of carbonyl (C=O) groups is 2. The van der Waals surface area contributed by atoms with Gasteiger partial charge in [0.15, 0.2) is 11.5 Å². The number of hydrogen-bond acceptors (Lipinski definition) is 7. The SMILES string of the molecule is COc1cc([C@H]2/C(=C(\O)c3ccc4c(c3)C[C@@H](C)O4)C(=O)C(=O)N2CCCn2ccnc2)ccc1OCCC(C)C. The van der Waals surface area contributed by atoms with Crippen LogP contribution in [0.2, 0.25) is 0 Å². The molecular weight excluding hydrogens is 522 g/mol. The first-order valence-corrected chi connectivity index (χ1v) is 14.1. The number of ether oxygens (including phenoxy) is 3. The number of likely N-dealkylation sites (tertiary alicyclic amines) is 1. The molecule has 0 aliphatic carbocycles. The standard InChI is InChI=1S/C32H37N3O6/c1-20(2)10-15-40-26-9-6-22(18-27(26)39-4)29-28(30(36)23-7-8-25-24(17-23)16-21(3)41-25)31(37)32(38)35(29)13-5-12-34-14-11-33-19-34/h6-9,11,14,17-21,29,36H,5,10,12-13,15-16H2,1-4H3/b30-28+/t21-,29+/m1/s1. The molecule has 1 saturated heterocycles. The van der Waals surface area contributed by atoms with Gasteiger partial charge >= 0.3 is 0 Å². The molecule has 0 spiro atoms. The Hall–Kier alpha value is -4.27. The molecule has 2 aliphatic heterocycles. The minimum Gasteiger partial charge on any atom is -0.507 e. The smallest absolute Gasteiger partial charge is 0.295 e. The van der Waals surface area contributed by atoms with E-state index < -0.39 is 17.7 Å². The van der Waals surface area contributed by atoms with E-state index in [-0.39, 0.29) is 17.4 Å². The average molecular weight is 560 g/mol. The fraction of sp³-hybridized carbons (Fsp3) is 0.406. The quantitative estimate of drug-likeness (QED) is 0.197. The summed E-state index contributed by atoms with van der Waals surface area (Å²) in [7, 11) is 1.56. The monoisotopic (exact) mass is 559 g/mol. The molecule has 9 heteroatoms. The van der Waals surface area contributed by atoms with Crippen LogP contribution in [-0.4, -0.2) is 57.6 Å². The van der Waals surface area contributed by atoms with Gasteiger partial charge in [0.1, 0.15) is 17.6 Å². The van der Waals surface area contributed by atoms with E-state index >= 15 is 0 Å². The number of nitrogens with zero attached hydrogens (tertiary/aromatic N) is 3. The number of hydrogen-bond donors (Lipinski definition) is 1. The second-order valence-electron chi connectivity index (χ2n) is 11.0. The topological polar surface area (TPSA) is 103 Å². The van der Waals surface area contributed by atoms with Crippen LogP contribution in [0.4, 0.5) is 0 Å². The Morgan fingerprint density at radius 1 is 1.15 bits per heavy atom. The number of Topliss-reactive ketones (excluding diaryl/α,β-unsaturated/α-hetero) is 1. The van der Waals surface area contributed by atoms with Crippen LogP contribution in [0, 0.1) is 5.92 Å². The normalized spacial score (nSPS) is 19.5. The van der Waals surface area contributed by atoms with E-state index in [1.54, 1.807) is 43.9 Å². The summed E-state index contributed by atoms with van der Waals surface area (Å²) in [5.74, 6) is 0.789. The number of benzene rings is 2. The number of aromatic nitrogens is 2. The van der Waals surface area contributed by atoms with E-state index in [1.807, 2.05) is 29.8 Å². The molecule has 2 aliphatic rings. The number of fused-ring (bicyclic) bond motifs is 1. The lowest BCUT2D eigenvalue weighted by Gasteiger charge is -2.26. The maximum atomic E-state index is 13.5. The van der Waals surface area contributed by atoms with Crippen molar-refractivity contribution in [1.29, 1.82) is 0 Å². The van der Waals surface area contributed by atoms with Crippen LogP contribution >= 0.6 is 0 Å². The van der Waals surface area contributed by atoms with Crippen molar-refractivity contribution in [3.63, 3.8) is 0 Å². The molecule has 216 valence electrons. The lowest BCUT2D eigenvalue weighted by molar-refractivity contribution is -0.139. The average Bonchev–Trinajstić information content (AvgIpc) is 3.66. The molecule has 1 fully saturated rings. The van der Waals surface area contributed by atoms with Crippen LogP contribution in [0.3, 0.4) is 0 Å². The molecule has 1 aromatic heterocycles. The summed E-state index contributed by atoms with van der Waals surface area (Å²) >= 11 is 0. The van der Waals surface area contributed by atoms with Gasteiger partial charge in [0.05, 0.1) is 31.7 Å². The van der Waals surface area contributed by atoms with E-state index in [0.29, 0.717) is 61.1 Å². The molecule has 5 rings (SSSR count). The molecule has 3 heterocycles. The first-order valence-electron chi connectivity index (χ1n) is 14.1. The minimum absolute atomic E-state index is 0.0391. The van der Waals surface area contributed by atoms with Gasteiger partial charge in [-0.05, 0) is 67.1 Å². The van der Waals surface area contributed by atoms with Crippen LogP contribution in [-0.2, 0) is 22.6 Å². The van der Waals surface area contributed by atoms with Gasteiger partial charge in [0.25, 0.3) is 11.7 Å². The van der Waals surface area contributed by atoms with Crippen LogP contribution in [0.15, 0.2) is 60.7 Å². The third-order valence-corrected chi connectivity index (χ3v) is 7.54. The highest BCUT2D eigenvalue weighted by atomic mass is 16.5. The van der Waals surface area contributed by atoms with Crippen molar-refractivity contribution >= 4 is 17.4 Å². The third kappa shape index (κ3) is 5.94. The molecule has 0 saturated carbocycles. The van der Waals surface area contributed by atoms with Gasteiger partial charge in [-0.1, -0.05) is 19.9 Å². The van der Waals surface area contributed by atoms with E-state index in [4.69, 9.17) is 14.2 Å². The zero-order chi connectivity index (χ0) is 29.1. The van der Waals surface area contributed by atoms with Gasteiger partial charge in [0.2, 0.25) is 0 Å². The minimum atomic E-state index is -0.792. The Labute approximate surface area is 240 Å². The number of aliphatic hydroxyl groups is 1. The first-order chi connectivity index (χ1) is 19.8. The summed E-state index contributed by atoms with van der Waals surface area (Å²) in [6.07, 6.45) is 7.51. The Kier molecular flexibility index (Phi) is 8.33. The Morgan fingerprint density at radius 3 is 2.71 bits per heavy atom. The van der Waals surface area contributed by atoms with Gasteiger partial charge in [-0.3, -0.25) is 9.59 Å². The Morgan fingerprint density at radius 2 is 1.98 bits per heavy atom. The maximum absolute atomic E-state index is 13.5. The molecule has 2 atom stereocenters. The second-order valence-corrected chi connectivity index (χ2v) is 11.0. The molecule has 0 unspecified atom stereocenters. The summed E-state index contributed by atoms with van der Waals surface area (Å²) in [5, 5.41) is 11.6. The molecule has 0 radical (unpaired) electrons. The number of aryl methyl sites for hydroxylation is 1. The molecule has 1 amide bonds. The van der Waals surface area contributed by atoms with Crippen LogP contribution < -0.4 is 14.2 Å². The highest BCUT2D eigenvalue weighted by Crippen LogP contribution is 2.43. The number of carbonyl (C=O) groups excluding carboxylic acids is 2. The number of amides is 1. The van der Waals surface area contributed by atoms with Crippen LogP contribution in [0.5, 0.6) is 17.2 Å². The zero-order valence-electron chi connectivity index (χ0n) is 24.0. The van der Waals surface area contributed by atoms with Crippen molar-refractivity contribution in [2.24, 2.45) is 5.92 Å². The number of rotatable bonds is 11. The van der Waals surface area contributed by atoms with Gasteiger partial charge < -0.3 is 28.8 Å². The highest BCUT2D eigenvalue weighted by Gasteiger charge is 2.46. The van der Waals surface area contributed by atoms with Crippen molar-refractivity contribution in [3.05, 3.63) is 77.4 Å². The molecule has 41 heavy (non-hydrogen) atoms. The number of ketones is 1. The first kappa shape index (κ1) is 28.3. The lowest BCUT2D eigenvalue weighted by atomic mass is 9.94. The fourth-order valence-corrected chi connectivity index (χ4v) is 5.40. The van der Waals surface area contributed by atoms with Crippen LogP contribution in [0.1, 0.15) is 56.3 Å². The Bertz CT molecular complexity index is 1450. The molecule has 9 nitrogen and oxygen atoms in total. The van der Waals surface area contributed by atoms with Crippen molar-refractivity contribution in [3.8, 4) is 17.2 Å². The van der Waals surface area contributed by atoms with E-state index in [0.717, 1.165) is 17.7 Å².